The van der Waals surface area contributed by atoms with Crippen molar-refractivity contribution in [2.24, 2.45) is 0 Å². The molecule has 2 aliphatic rings. The summed E-state index contributed by atoms with van der Waals surface area (Å²) < 4.78 is 1.91. The summed E-state index contributed by atoms with van der Waals surface area (Å²) in [5.74, 6) is 0.0132. The molecule has 0 radical (unpaired) electrons. The number of nitrogens with one attached hydrogen (secondary N) is 1. The quantitative estimate of drug-likeness (QED) is 0.752. The van der Waals surface area contributed by atoms with Crippen molar-refractivity contribution in [1.29, 1.82) is 0 Å². The van der Waals surface area contributed by atoms with Gasteiger partial charge in [-0.25, -0.2) is 4.98 Å². The van der Waals surface area contributed by atoms with E-state index in [-0.39, 0.29) is 11.9 Å². The lowest BCUT2D eigenvalue weighted by Crippen LogP contribution is -2.50. The zero-order valence-electron chi connectivity index (χ0n) is 15.5. The number of rotatable bonds is 4. The second-order valence-corrected chi connectivity index (χ2v) is 8.66. The third-order valence-corrected chi connectivity index (χ3v) is 6.84. The highest BCUT2D eigenvalue weighted by Crippen LogP contribution is 2.37. The van der Waals surface area contributed by atoms with E-state index >= 15 is 0 Å². The molecule has 1 amide bonds. The molecule has 1 N–H and O–H groups in total. The van der Waals surface area contributed by atoms with Gasteiger partial charge < -0.3 is 5.32 Å². The van der Waals surface area contributed by atoms with Crippen molar-refractivity contribution in [3.63, 3.8) is 0 Å². The molecule has 5 nitrogen and oxygen atoms in total. The van der Waals surface area contributed by atoms with E-state index in [4.69, 9.17) is 0 Å². The molecule has 0 saturated carbocycles. The van der Waals surface area contributed by atoms with Crippen molar-refractivity contribution < 1.29 is 4.79 Å². The van der Waals surface area contributed by atoms with Crippen molar-refractivity contribution in [3.8, 4) is 0 Å². The van der Waals surface area contributed by atoms with Crippen LogP contribution in [0.1, 0.15) is 47.4 Å². The summed E-state index contributed by atoms with van der Waals surface area (Å²) in [7, 11) is 0. The van der Waals surface area contributed by atoms with Gasteiger partial charge in [-0.15, -0.1) is 11.3 Å². The van der Waals surface area contributed by atoms with Gasteiger partial charge in [-0.05, 0) is 38.2 Å². The zero-order valence-corrected chi connectivity index (χ0v) is 16.3. The molecule has 2 aliphatic heterocycles. The minimum atomic E-state index is 0.0132. The van der Waals surface area contributed by atoms with E-state index in [1.54, 1.807) is 11.3 Å². The van der Waals surface area contributed by atoms with Gasteiger partial charge in [0, 0.05) is 36.2 Å². The molecule has 2 unspecified atom stereocenters. The highest BCUT2D eigenvalue weighted by molar-refractivity contribution is 7.15. The van der Waals surface area contributed by atoms with Gasteiger partial charge in [0.05, 0.1) is 5.69 Å². The highest BCUT2D eigenvalue weighted by Gasteiger charge is 2.41. The Morgan fingerprint density at radius 2 is 1.96 bits per heavy atom. The summed E-state index contributed by atoms with van der Waals surface area (Å²) in [6.07, 6.45) is 6.50. The van der Waals surface area contributed by atoms with Crippen molar-refractivity contribution in [2.45, 2.75) is 57.3 Å². The Morgan fingerprint density at radius 3 is 2.70 bits per heavy atom. The Bertz CT molecular complexity index is 949. The third-order valence-electron chi connectivity index (χ3n) is 6.08. The second-order valence-electron chi connectivity index (χ2n) is 7.79. The van der Waals surface area contributed by atoms with Crippen LogP contribution in [0.3, 0.4) is 0 Å². The maximum absolute atomic E-state index is 12.9. The number of carbonyl (C=O) groups is 1. The maximum Gasteiger partial charge on any atom is 0.270 e. The number of aryl methyl sites for hydroxylation is 1. The third kappa shape index (κ3) is 3.07. The predicted octanol–water partition coefficient (Wildman–Crippen LogP) is 3.63. The first-order valence-corrected chi connectivity index (χ1v) is 10.6. The Hall–Kier alpha value is -2.18. The monoisotopic (exact) mass is 380 g/mol. The van der Waals surface area contributed by atoms with Crippen molar-refractivity contribution in [1.82, 2.24) is 19.6 Å². The zero-order chi connectivity index (χ0) is 18.4. The van der Waals surface area contributed by atoms with Gasteiger partial charge in [0.15, 0.2) is 4.96 Å². The lowest BCUT2D eigenvalue weighted by Gasteiger charge is -2.39. The SMILES string of the molecule is Cc1nc2sccn2c1C(=O)NC1CC2CCC(C1)N2Cc1ccccc1. The molecule has 1 aromatic carbocycles. The molecule has 2 fully saturated rings. The van der Waals surface area contributed by atoms with Crippen LogP contribution in [-0.2, 0) is 6.54 Å². The van der Waals surface area contributed by atoms with Crippen LogP contribution in [0.4, 0.5) is 0 Å². The Balaban J connectivity index is 1.28. The number of nitrogens with zero attached hydrogens (tertiary/aromatic N) is 3. The van der Waals surface area contributed by atoms with E-state index in [0.717, 1.165) is 30.0 Å². The molecule has 2 atom stereocenters. The lowest BCUT2D eigenvalue weighted by molar-refractivity contribution is 0.0822. The Kier molecular flexibility index (Phi) is 4.25. The number of imidazole rings is 1. The highest BCUT2D eigenvalue weighted by atomic mass is 32.1. The molecule has 3 aromatic rings. The number of piperidine rings is 1. The van der Waals surface area contributed by atoms with Crippen LogP contribution in [-0.4, -0.2) is 38.3 Å². The molecular weight excluding hydrogens is 356 g/mol. The van der Waals surface area contributed by atoms with E-state index in [9.17, 15) is 4.79 Å². The van der Waals surface area contributed by atoms with Gasteiger partial charge in [0.25, 0.3) is 5.91 Å². The normalized spacial score (nSPS) is 25.1. The topological polar surface area (TPSA) is 49.6 Å². The van der Waals surface area contributed by atoms with Crippen LogP contribution in [0, 0.1) is 6.92 Å². The molecule has 0 spiro atoms. The van der Waals surface area contributed by atoms with E-state index in [1.807, 2.05) is 22.9 Å². The summed E-state index contributed by atoms with van der Waals surface area (Å²) in [5.41, 5.74) is 2.88. The largest absolute Gasteiger partial charge is 0.348 e. The number of carbonyl (C=O) groups excluding carboxylic acids is 1. The molecule has 2 aromatic heterocycles. The van der Waals surface area contributed by atoms with E-state index in [0.29, 0.717) is 17.8 Å². The molecule has 140 valence electrons. The molecular formula is C21H24N4OS. The number of hydrogen-bond acceptors (Lipinski definition) is 4. The maximum atomic E-state index is 12.9. The van der Waals surface area contributed by atoms with Crippen LogP contribution in [0.5, 0.6) is 0 Å². The summed E-state index contributed by atoms with van der Waals surface area (Å²) in [4.78, 5) is 21.0. The van der Waals surface area contributed by atoms with E-state index in [2.05, 4.69) is 45.5 Å². The van der Waals surface area contributed by atoms with Crippen LogP contribution in [0.15, 0.2) is 41.9 Å². The van der Waals surface area contributed by atoms with Crippen LogP contribution in [0.2, 0.25) is 0 Å². The number of amides is 1. The van der Waals surface area contributed by atoms with Gasteiger partial charge in [-0.2, -0.15) is 0 Å². The lowest BCUT2D eigenvalue weighted by atomic mass is 9.96. The minimum absolute atomic E-state index is 0.0132. The van der Waals surface area contributed by atoms with Gasteiger partial charge >= 0.3 is 0 Å². The standard InChI is InChI=1S/C21H24N4OS/c1-14-19(24-9-10-27-21(24)22-14)20(26)23-16-11-17-7-8-18(12-16)25(17)13-15-5-3-2-4-6-15/h2-6,9-10,16-18H,7-8,11-13H2,1H3,(H,23,26). The van der Waals surface area contributed by atoms with Gasteiger partial charge in [0.1, 0.15) is 5.69 Å². The van der Waals surface area contributed by atoms with Gasteiger partial charge in [-0.3, -0.25) is 14.1 Å². The molecule has 4 heterocycles. The summed E-state index contributed by atoms with van der Waals surface area (Å²) in [5, 5.41) is 5.28. The summed E-state index contributed by atoms with van der Waals surface area (Å²) in [6, 6.07) is 12.1. The first-order chi connectivity index (χ1) is 13.2. The van der Waals surface area contributed by atoms with Crippen molar-refractivity contribution in [2.75, 3.05) is 0 Å². The van der Waals surface area contributed by atoms with Crippen molar-refractivity contribution >= 4 is 22.2 Å². The molecule has 5 rings (SSSR count). The Morgan fingerprint density at radius 1 is 1.22 bits per heavy atom. The molecule has 2 bridgehead atoms. The number of hydrogen-bond donors (Lipinski definition) is 1. The smallest absolute Gasteiger partial charge is 0.270 e. The summed E-state index contributed by atoms with van der Waals surface area (Å²) >= 11 is 1.56. The molecule has 0 aliphatic carbocycles. The second kappa shape index (κ2) is 6.77. The molecule has 27 heavy (non-hydrogen) atoms. The predicted molar refractivity (Wildman–Crippen MR) is 107 cm³/mol. The fraction of sp³-hybridized carbons (Fsp3) is 0.429. The van der Waals surface area contributed by atoms with Gasteiger partial charge in [-0.1, -0.05) is 30.3 Å². The molecule has 6 heteroatoms. The fourth-order valence-corrected chi connectivity index (χ4v) is 5.63. The summed E-state index contributed by atoms with van der Waals surface area (Å²) in [6.45, 7) is 2.94. The Labute approximate surface area is 163 Å². The van der Waals surface area contributed by atoms with Crippen LogP contribution < -0.4 is 5.32 Å². The van der Waals surface area contributed by atoms with Crippen LogP contribution >= 0.6 is 11.3 Å². The molecule has 2 saturated heterocycles. The first-order valence-electron chi connectivity index (χ1n) is 9.71. The van der Waals surface area contributed by atoms with E-state index in [1.165, 1.54) is 18.4 Å². The fourth-order valence-electron chi connectivity index (χ4n) is 4.87. The number of fused-ring (bicyclic) bond motifs is 3. The van der Waals surface area contributed by atoms with Crippen LogP contribution in [0.25, 0.3) is 4.96 Å². The average molecular weight is 381 g/mol. The van der Waals surface area contributed by atoms with E-state index < -0.39 is 0 Å². The number of thiazole rings is 1. The number of aromatic nitrogens is 2. The average Bonchev–Trinajstić information content (AvgIpc) is 3.27. The van der Waals surface area contributed by atoms with Gasteiger partial charge in [0.2, 0.25) is 0 Å². The minimum Gasteiger partial charge on any atom is -0.348 e. The number of benzene rings is 1. The van der Waals surface area contributed by atoms with Crippen molar-refractivity contribution in [3.05, 3.63) is 58.9 Å². The first kappa shape index (κ1) is 17.0.